The minimum Gasteiger partial charge on any atom is -0.462 e. The van der Waals surface area contributed by atoms with Crippen molar-refractivity contribution < 1.29 is 24.0 Å². The lowest BCUT2D eigenvalue weighted by atomic mass is 10.0. The number of esters is 1. The fraction of sp³-hybridized carbons (Fsp3) is 0.154. The standard InChI is InChI=1S/C26H20BrClN2O6/c1-2-35-26(32)22-23(17-5-9-19(28)10-6-17)29(20-13-7-18(27)8-14-20)25(31)24(22)36-15-16-3-11-21(12-4-16)30(33)34/h3-14,24H,2,15H2,1H3. The topological polar surface area (TPSA) is 99.0 Å². The average Bonchev–Trinajstić information content (AvgIpc) is 3.16. The van der Waals surface area contributed by atoms with E-state index in [4.69, 9.17) is 21.1 Å². The highest BCUT2D eigenvalue weighted by molar-refractivity contribution is 9.10. The predicted octanol–water partition coefficient (Wildman–Crippen LogP) is 5.92. The Balaban J connectivity index is 1.79. The molecule has 1 amide bonds. The fourth-order valence-electron chi connectivity index (χ4n) is 3.80. The molecular weight excluding hydrogens is 552 g/mol. The molecule has 0 aliphatic carbocycles. The molecule has 1 aliphatic heterocycles. The number of anilines is 1. The van der Waals surface area contributed by atoms with Crippen molar-refractivity contribution in [2.75, 3.05) is 11.5 Å². The van der Waals surface area contributed by atoms with Crippen LogP contribution in [0.5, 0.6) is 0 Å². The third kappa shape index (κ3) is 5.33. The SMILES string of the molecule is CCOC(=O)C1=C(c2ccc(Cl)cc2)N(c2ccc(Br)cc2)C(=O)C1OCc1ccc([N+](=O)[O-])cc1. The minimum absolute atomic E-state index is 0.0562. The van der Waals surface area contributed by atoms with Crippen LogP contribution in [0.3, 0.4) is 0 Å². The number of halogens is 2. The molecule has 10 heteroatoms. The van der Waals surface area contributed by atoms with Crippen molar-refractivity contribution in [3.05, 3.63) is 109 Å². The summed E-state index contributed by atoms with van der Waals surface area (Å²) in [5.41, 5.74) is 2.07. The number of rotatable bonds is 8. The van der Waals surface area contributed by atoms with Crippen LogP contribution in [-0.4, -0.2) is 29.5 Å². The molecule has 3 aromatic rings. The molecule has 4 rings (SSSR count). The van der Waals surface area contributed by atoms with E-state index in [2.05, 4.69) is 15.9 Å². The lowest BCUT2D eigenvalue weighted by molar-refractivity contribution is -0.384. The Hall–Kier alpha value is -3.53. The van der Waals surface area contributed by atoms with Crippen molar-refractivity contribution in [2.24, 2.45) is 0 Å². The summed E-state index contributed by atoms with van der Waals surface area (Å²) >= 11 is 9.48. The first-order valence-corrected chi connectivity index (χ1v) is 12.1. The van der Waals surface area contributed by atoms with E-state index in [-0.39, 0.29) is 24.5 Å². The van der Waals surface area contributed by atoms with Crippen molar-refractivity contribution >= 4 is 56.5 Å². The second-order valence-corrected chi connectivity index (χ2v) is 9.11. The van der Waals surface area contributed by atoms with E-state index in [0.717, 1.165) is 4.47 Å². The van der Waals surface area contributed by atoms with E-state index in [9.17, 15) is 19.7 Å². The van der Waals surface area contributed by atoms with Crippen molar-refractivity contribution in [3.63, 3.8) is 0 Å². The Bertz CT molecular complexity index is 1320. The zero-order valence-corrected chi connectivity index (χ0v) is 21.4. The van der Waals surface area contributed by atoms with E-state index < -0.39 is 22.9 Å². The van der Waals surface area contributed by atoms with Gasteiger partial charge in [0.2, 0.25) is 0 Å². The number of non-ortho nitro benzene ring substituents is 1. The predicted molar refractivity (Wildman–Crippen MR) is 138 cm³/mol. The van der Waals surface area contributed by atoms with Crippen LogP contribution in [-0.2, 0) is 25.7 Å². The highest BCUT2D eigenvalue weighted by atomic mass is 79.9. The fourth-order valence-corrected chi connectivity index (χ4v) is 4.19. The van der Waals surface area contributed by atoms with Gasteiger partial charge in [0.25, 0.3) is 11.6 Å². The van der Waals surface area contributed by atoms with Gasteiger partial charge in [-0.15, -0.1) is 0 Å². The smallest absolute Gasteiger partial charge is 0.339 e. The van der Waals surface area contributed by atoms with E-state index in [1.165, 1.54) is 29.2 Å². The van der Waals surface area contributed by atoms with E-state index in [0.29, 0.717) is 27.5 Å². The van der Waals surface area contributed by atoms with E-state index in [1.54, 1.807) is 55.5 Å². The van der Waals surface area contributed by atoms with Gasteiger partial charge >= 0.3 is 5.97 Å². The molecule has 0 aromatic heterocycles. The zero-order chi connectivity index (χ0) is 25.8. The quantitative estimate of drug-likeness (QED) is 0.189. The summed E-state index contributed by atoms with van der Waals surface area (Å²) in [4.78, 5) is 38.8. The molecule has 1 heterocycles. The van der Waals surface area contributed by atoms with E-state index in [1.807, 2.05) is 0 Å². The van der Waals surface area contributed by atoms with Crippen LogP contribution in [0.25, 0.3) is 5.70 Å². The summed E-state index contributed by atoms with van der Waals surface area (Å²) in [6, 6.07) is 19.6. The van der Waals surface area contributed by atoms with Crippen molar-refractivity contribution in [1.82, 2.24) is 0 Å². The van der Waals surface area contributed by atoms with E-state index >= 15 is 0 Å². The lowest BCUT2D eigenvalue weighted by Gasteiger charge is -2.21. The molecule has 3 aromatic carbocycles. The van der Waals surface area contributed by atoms with Crippen molar-refractivity contribution in [2.45, 2.75) is 19.6 Å². The summed E-state index contributed by atoms with van der Waals surface area (Å²) in [5.74, 6) is -1.14. The number of benzene rings is 3. The van der Waals surface area contributed by atoms with Crippen LogP contribution in [0, 0.1) is 10.1 Å². The largest absolute Gasteiger partial charge is 0.462 e. The van der Waals surface area contributed by atoms with Gasteiger partial charge in [-0.05, 0) is 66.6 Å². The Kier molecular flexibility index (Phi) is 7.83. The molecule has 0 bridgehead atoms. The maximum absolute atomic E-state index is 13.7. The van der Waals surface area contributed by atoms with Gasteiger partial charge in [-0.25, -0.2) is 4.79 Å². The summed E-state index contributed by atoms with van der Waals surface area (Å²) in [6.45, 7) is 1.73. The van der Waals surface area contributed by atoms with Gasteiger partial charge in [0, 0.05) is 27.3 Å². The number of nitro benzene ring substituents is 1. The van der Waals surface area contributed by atoms with Crippen LogP contribution in [0.4, 0.5) is 11.4 Å². The van der Waals surface area contributed by atoms with Gasteiger partial charge in [-0.1, -0.05) is 39.7 Å². The van der Waals surface area contributed by atoms with Crippen molar-refractivity contribution in [1.29, 1.82) is 0 Å². The monoisotopic (exact) mass is 570 g/mol. The number of nitro groups is 1. The van der Waals surface area contributed by atoms with Crippen LogP contribution >= 0.6 is 27.5 Å². The number of hydrogen-bond acceptors (Lipinski definition) is 6. The van der Waals surface area contributed by atoms with Gasteiger partial charge in [0.1, 0.15) is 5.57 Å². The Labute approximate surface area is 220 Å². The number of carbonyl (C=O) groups excluding carboxylic acids is 2. The van der Waals surface area contributed by atoms with Gasteiger partial charge in [0.15, 0.2) is 6.10 Å². The second kappa shape index (κ2) is 11.0. The van der Waals surface area contributed by atoms with Gasteiger partial charge in [0.05, 0.1) is 23.8 Å². The molecule has 184 valence electrons. The van der Waals surface area contributed by atoms with Crippen LogP contribution in [0.15, 0.2) is 82.8 Å². The highest BCUT2D eigenvalue weighted by Crippen LogP contribution is 2.39. The number of ether oxygens (including phenoxy) is 2. The maximum Gasteiger partial charge on any atom is 0.339 e. The van der Waals surface area contributed by atoms with Crippen molar-refractivity contribution in [3.8, 4) is 0 Å². The number of amides is 1. The molecule has 0 saturated heterocycles. The van der Waals surface area contributed by atoms with Gasteiger partial charge < -0.3 is 9.47 Å². The molecule has 0 radical (unpaired) electrons. The van der Waals surface area contributed by atoms with Crippen LogP contribution in [0.2, 0.25) is 5.02 Å². The van der Waals surface area contributed by atoms with Crippen LogP contribution < -0.4 is 4.90 Å². The molecule has 1 aliphatic rings. The molecule has 0 spiro atoms. The first kappa shape index (κ1) is 25.6. The highest BCUT2D eigenvalue weighted by Gasteiger charge is 2.45. The third-order valence-electron chi connectivity index (χ3n) is 5.45. The zero-order valence-electron chi connectivity index (χ0n) is 19.0. The third-order valence-corrected chi connectivity index (χ3v) is 6.23. The maximum atomic E-state index is 13.7. The van der Waals surface area contributed by atoms with Gasteiger partial charge in [-0.2, -0.15) is 0 Å². The summed E-state index contributed by atoms with van der Waals surface area (Å²) in [6.07, 6.45) is -1.26. The summed E-state index contributed by atoms with van der Waals surface area (Å²) in [7, 11) is 0. The molecule has 0 saturated carbocycles. The molecule has 0 N–H and O–H groups in total. The second-order valence-electron chi connectivity index (χ2n) is 7.75. The summed E-state index contributed by atoms with van der Waals surface area (Å²) < 4.78 is 12.1. The first-order chi connectivity index (χ1) is 17.3. The Morgan fingerprint density at radius 1 is 1.06 bits per heavy atom. The minimum atomic E-state index is -1.26. The summed E-state index contributed by atoms with van der Waals surface area (Å²) in [5, 5.41) is 11.4. The molecular formula is C26H20BrClN2O6. The normalized spacial score (nSPS) is 15.4. The Morgan fingerprint density at radius 2 is 1.69 bits per heavy atom. The average molecular weight is 572 g/mol. The first-order valence-electron chi connectivity index (χ1n) is 10.9. The molecule has 8 nitrogen and oxygen atoms in total. The molecule has 1 unspecified atom stereocenters. The molecule has 1 atom stereocenters. The number of carbonyl (C=O) groups is 2. The molecule has 36 heavy (non-hydrogen) atoms. The Morgan fingerprint density at radius 3 is 2.28 bits per heavy atom. The van der Waals surface area contributed by atoms with Gasteiger partial charge in [-0.3, -0.25) is 19.8 Å². The van der Waals surface area contributed by atoms with Crippen LogP contribution in [0.1, 0.15) is 18.1 Å². The lowest BCUT2D eigenvalue weighted by Crippen LogP contribution is -2.34. The molecule has 0 fully saturated rings. The number of hydrogen-bond donors (Lipinski definition) is 0. The number of nitrogens with zero attached hydrogens (tertiary/aromatic N) is 2.